The van der Waals surface area contributed by atoms with Crippen LogP contribution in [0.2, 0.25) is 0 Å². The molecule has 0 radical (unpaired) electrons. The number of hydrogen-bond acceptors (Lipinski definition) is 1. The van der Waals surface area contributed by atoms with Crippen molar-refractivity contribution in [3.05, 3.63) is 42.7 Å². The first-order chi connectivity index (χ1) is 6.95. The molecule has 0 aliphatic carbocycles. The number of hydrogen-bond donors (Lipinski definition) is 2. The van der Waals surface area contributed by atoms with Crippen molar-refractivity contribution in [3.8, 4) is 22.5 Å². The standard InChI is InChI=1S/C11H9N3/c1-2-4-8(5-3-1)11-9-6-12-7-10(9)13-14-11/h1-7,13-14H. The average molecular weight is 183 g/mol. The van der Waals surface area contributed by atoms with E-state index in [0.717, 1.165) is 17.0 Å². The van der Waals surface area contributed by atoms with Gasteiger partial charge in [0.2, 0.25) is 0 Å². The highest BCUT2D eigenvalue weighted by atomic mass is 15.1. The first kappa shape index (κ1) is 7.38. The largest absolute Gasteiger partial charge is 0.299 e. The molecule has 3 nitrogen and oxygen atoms in total. The third-order valence-electron chi connectivity index (χ3n) is 2.35. The number of nitrogens with one attached hydrogen (secondary N) is 2. The molecule has 0 atom stereocenters. The molecule has 0 bridgehead atoms. The fourth-order valence-corrected chi connectivity index (χ4v) is 1.65. The minimum absolute atomic E-state index is 1.05. The van der Waals surface area contributed by atoms with Crippen molar-refractivity contribution < 1.29 is 0 Å². The minimum atomic E-state index is 1.05. The lowest BCUT2D eigenvalue weighted by atomic mass is 10.1. The predicted octanol–water partition coefficient (Wildman–Crippen LogP) is 2.51. The van der Waals surface area contributed by atoms with E-state index in [4.69, 9.17) is 0 Å². The normalized spacial score (nSPS) is 10.9. The van der Waals surface area contributed by atoms with Gasteiger partial charge < -0.3 is 0 Å². The summed E-state index contributed by atoms with van der Waals surface area (Å²) < 4.78 is 0. The Morgan fingerprint density at radius 3 is 2.64 bits per heavy atom. The fraction of sp³-hybridized carbons (Fsp3) is 0. The van der Waals surface area contributed by atoms with Gasteiger partial charge in [-0.2, -0.15) is 0 Å². The second kappa shape index (κ2) is 2.73. The number of aromatic amines is 2. The van der Waals surface area contributed by atoms with E-state index in [0.29, 0.717) is 0 Å². The molecule has 0 unspecified atom stereocenters. The van der Waals surface area contributed by atoms with Gasteiger partial charge in [-0.05, 0) is 0 Å². The maximum atomic E-state index is 4.10. The highest BCUT2D eigenvalue weighted by Crippen LogP contribution is 2.30. The maximum Gasteiger partial charge on any atom is 0.0832 e. The van der Waals surface area contributed by atoms with Gasteiger partial charge in [-0.15, -0.1) is 0 Å². The maximum absolute atomic E-state index is 4.10. The summed E-state index contributed by atoms with van der Waals surface area (Å²) in [5.41, 5.74) is 4.45. The molecule has 3 heteroatoms. The van der Waals surface area contributed by atoms with Gasteiger partial charge >= 0.3 is 0 Å². The average Bonchev–Trinajstić information content (AvgIpc) is 2.79. The Bertz CT molecular complexity index is 507. The summed E-state index contributed by atoms with van der Waals surface area (Å²) in [5, 5.41) is 6.22. The molecule has 0 aromatic heterocycles. The Hall–Kier alpha value is -2.03. The molecule has 0 saturated carbocycles. The monoisotopic (exact) mass is 183 g/mol. The zero-order valence-corrected chi connectivity index (χ0v) is 7.49. The summed E-state index contributed by atoms with van der Waals surface area (Å²) in [5.74, 6) is 0. The van der Waals surface area contributed by atoms with Crippen LogP contribution in [0, 0.1) is 0 Å². The lowest BCUT2D eigenvalue weighted by molar-refractivity contribution is 1.10. The number of H-pyrrole nitrogens is 2. The zero-order valence-electron chi connectivity index (χ0n) is 7.49. The Balaban J connectivity index is 2.21. The Morgan fingerprint density at radius 1 is 0.929 bits per heavy atom. The van der Waals surface area contributed by atoms with Crippen molar-refractivity contribution in [2.24, 2.45) is 0 Å². The van der Waals surface area contributed by atoms with E-state index in [1.54, 1.807) is 0 Å². The first-order valence-electron chi connectivity index (χ1n) is 4.50. The topological polar surface area (TPSA) is 44.5 Å². The van der Waals surface area contributed by atoms with Crippen molar-refractivity contribution in [2.75, 3.05) is 0 Å². The number of benzene rings is 1. The molecule has 14 heavy (non-hydrogen) atoms. The third kappa shape index (κ3) is 0.956. The van der Waals surface area contributed by atoms with E-state index in [1.165, 1.54) is 5.56 Å². The molecule has 0 amide bonds. The number of aromatic nitrogens is 3. The van der Waals surface area contributed by atoms with Gasteiger partial charge in [0.15, 0.2) is 0 Å². The van der Waals surface area contributed by atoms with Crippen molar-refractivity contribution >= 4 is 0 Å². The summed E-state index contributed by atoms with van der Waals surface area (Å²) in [6, 6.07) is 10.2. The predicted molar refractivity (Wildman–Crippen MR) is 55.0 cm³/mol. The lowest BCUT2D eigenvalue weighted by Crippen LogP contribution is -1.77. The van der Waals surface area contributed by atoms with E-state index >= 15 is 0 Å². The molecule has 1 aromatic rings. The van der Waals surface area contributed by atoms with Crippen LogP contribution < -0.4 is 0 Å². The second-order valence-corrected chi connectivity index (χ2v) is 3.23. The van der Waals surface area contributed by atoms with Crippen LogP contribution >= 0.6 is 0 Å². The highest BCUT2D eigenvalue weighted by molar-refractivity contribution is 5.79. The van der Waals surface area contributed by atoms with E-state index in [9.17, 15) is 0 Å². The lowest BCUT2D eigenvalue weighted by Gasteiger charge is -1.96. The number of nitrogens with zero attached hydrogens (tertiary/aromatic N) is 1. The van der Waals surface area contributed by atoms with Crippen LogP contribution in [0.4, 0.5) is 0 Å². The summed E-state index contributed by atoms with van der Waals surface area (Å²) >= 11 is 0. The van der Waals surface area contributed by atoms with Crippen LogP contribution in [0.3, 0.4) is 0 Å². The van der Waals surface area contributed by atoms with Crippen molar-refractivity contribution in [3.63, 3.8) is 0 Å². The molecular formula is C11H9N3. The van der Waals surface area contributed by atoms with Crippen molar-refractivity contribution in [1.29, 1.82) is 0 Å². The van der Waals surface area contributed by atoms with E-state index in [-0.39, 0.29) is 0 Å². The van der Waals surface area contributed by atoms with Gasteiger partial charge in [-0.1, -0.05) is 30.3 Å². The highest BCUT2D eigenvalue weighted by Gasteiger charge is 2.12. The van der Waals surface area contributed by atoms with Crippen LogP contribution in [0.5, 0.6) is 0 Å². The molecule has 0 saturated heterocycles. The fourth-order valence-electron chi connectivity index (χ4n) is 1.65. The molecule has 0 spiro atoms. The molecule has 1 aromatic carbocycles. The van der Waals surface area contributed by atoms with Gasteiger partial charge in [0.1, 0.15) is 0 Å². The van der Waals surface area contributed by atoms with Crippen LogP contribution in [-0.4, -0.2) is 15.2 Å². The SMILES string of the molecule is c1ccc(-c2[nH][nH]c3cncc2-3)cc1. The summed E-state index contributed by atoms with van der Waals surface area (Å²) in [7, 11) is 0. The third-order valence-corrected chi connectivity index (χ3v) is 2.35. The smallest absolute Gasteiger partial charge is 0.0832 e. The van der Waals surface area contributed by atoms with Crippen molar-refractivity contribution in [1.82, 2.24) is 15.2 Å². The Morgan fingerprint density at radius 2 is 1.79 bits per heavy atom. The van der Waals surface area contributed by atoms with Gasteiger partial charge in [0.25, 0.3) is 0 Å². The molecule has 0 fully saturated rings. The van der Waals surface area contributed by atoms with Gasteiger partial charge in [0.05, 0.1) is 17.6 Å². The first-order valence-corrected chi connectivity index (χ1v) is 4.50. The molecule has 2 N–H and O–H groups in total. The number of rotatable bonds is 1. The van der Waals surface area contributed by atoms with Crippen molar-refractivity contribution in [2.45, 2.75) is 0 Å². The van der Waals surface area contributed by atoms with E-state index in [2.05, 4.69) is 27.3 Å². The molecule has 3 rings (SSSR count). The molecule has 2 aliphatic rings. The van der Waals surface area contributed by atoms with Crippen LogP contribution in [0.25, 0.3) is 22.5 Å². The van der Waals surface area contributed by atoms with Crippen LogP contribution in [-0.2, 0) is 0 Å². The van der Waals surface area contributed by atoms with Gasteiger partial charge in [-0.3, -0.25) is 15.2 Å². The van der Waals surface area contributed by atoms with Crippen LogP contribution in [0.1, 0.15) is 0 Å². The molecular weight excluding hydrogens is 174 g/mol. The van der Waals surface area contributed by atoms with E-state index < -0.39 is 0 Å². The second-order valence-electron chi connectivity index (χ2n) is 3.23. The molecule has 2 aliphatic heterocycles. The van der Waals surface area contributed by atoms with Gasteiger partial charge in [-0.25, -0.2) is 0 Å². The Labute approximate surface area is 81.1 Å². The zero-order chi connectivity index (χ0) is 9.38. The molecule has 68 valence electrons. The van der Waals surface area contributed by atoms with E-state index in [1.807, 2.05) is 30.6 Å². The summed E-state index contributed by atoms with van der Waals surface area (Å²) in [6.45, 7) is 0. The summed E-state index contributed by atoms with van der Waals surface area (Å²) in [6.07, 6.45) is 3.68. The quantitative estimate of drug-likeness (QED) is 0.598. The number of fused-ring (bicyclic) bond motifs is 1. The van der Waals surface area contributed by atoms with Gasteiger partial charge in [0, 0.05) is 17.3 Å². The minimum Gasteiger partial charge on any atom is -0.299 e. The Kier molecular flexibility index (Phi) is 1.44. The van der Waals surface area contributed by atoms with Crippen LogP contribution in [0.15, 0.2) is 42.7 Å². The summed E-state index contributed by atoms with van der Waals surface area (Å²) in [4.78, 5) is 4.10. The molecule has 2 heterocycles.